The summed E-state index contributed by atoms with van der Waals surface area (Å²) >= 11 is 3.40. The van der Waals surface area contributed by atoms with Crippen molar-refractivity contribution in [1.82, 2.24) is 5.43 Å². The summed E-state index contributed by atoms with van der Waals surface area (Å²) in [5.74, 6) is 0.513. The van der Waals surface area contributed by atoms with Gasteiger partial charge >= 0.3 is 6.03 Å². The smallest absolute Gasteiger partial charge is 0.339 e. The second-order valence-electron chi connectivity index (χ2n) is 6.54. The van der Waals surface area contributed by atoms with Gasteiger partial charge < -0.3 is 10.1 Å². The lowest BCUT2D eigenvalue weighted by Gasteiger charge is -2.10. The van der Waals surface area contributed by atoms with Gasteiger partial charge in [-0.2, -0.15) is 5.10 Å². The van der Waals surface area contributed by atoms with Gasteiger partial charge in [0.15, 0.2) is 0 Å². The minimum Gasteiger partial charge on any atom is -0.488 e. The molecule has 0 fully saturated rings. The Morgan fingerprint density at radius 1 is 1.16 bits per heavy atom. The molecule has 8 nitrogen and oxygen atoms in total. The molecule has 9 heteroatoms. The van der Waals surface area contributed by atoms with Gasteiger partial charge in [0.1, 0.15) is 12.4 Å². The number of halogens is 1. The highest BCUT2D eigenvalue weighted by Crippen LogP contribution is 2.23. The van der Waals surface area contributed by atoms with Crippen LogP contribution in [0, 0.1) is 17.0 Å². The summed E-state index contributed by atoms with van der Waals surface area (Å²) in [6.07, 6.45) is 1.46. The first kappa shape index (κ1) is 22.0. The van der Waals surface area contributed by atoms with E-state index in [1.165, 1.54) is 18.3 Å². The summed E-state index contributed by atoms with van der Waals surface area (Å²) < 4.78 is 6.63. The lowest BCUT2D eigenvalue weighted by Crippen LogP contribution is -2.24. The molecule has 0 spiro atoms. The normalized spacial score (nSPS) is 10.6. The maximum atomic E-state index is 12.1. The molecule has 0 aromatic heterocycles. The van der Waals surface area contributed by atoms with Crippen LogP contribution in [-0.4, -0.2) is 17.2 Å². The Bertz CT molecular complexity index is 1130. The van der Waals surface area contributed by atoms with E-state index in [2.05, 4.69) is 31.8 Å². The number of aryl methyl sites for hydroxylation is 1. The van der Waals surface area contributed by atoms with Crippen molar-refractivity contribution in [3.63, 3.8) is 0 Å². The molecule has 3 rings (SSSR count). The number of carbonyl (C=O) groups excluding carboxylic acids is 1. The fourth-order valence-corrected chi connectivity index (χ4v) is 3.08. The number of hydrazone groups is 1. The number of hydrogen-bond donors (Lipinski definition) is 2. The number of non-ortho nitro benzene ring substituents is 1. The van der Waals surface area contributed by atoms with Crippen molar-refractivity contribution < 1.29 is 14.5 Å². The van der Waals surface area contributed by atoms with Crippen molar-refractivity contribution in [3.05, 3.63) is 98.0 Å². The summed E-state index contributed by atoms with van der Waals surface area (Å²) in [6, 6.07) is 18.5. The van der Waals surface area contributed by atoms with Crippen LogP contribution in [0.3, 0.4) is 0 Å². The SMILES string of the molecule is Cc1ccccc1NC(=O)NN=Cc1cc(Br)ccc1OCc1cccc([N+](=O)[O-])c1. The molecule has 0 saturated heterocycles. The van der Waals surface area contributed by atoms with Crippen molar-refractivity contribution in [3.8, 4) is 5.75 Å². The molecule has 3 aromatic carbocycles. The third-order valence-corrected chi connectivity index (χ3v) is 4.74. The van der Waals surface area contributed by atoms with Crippen LogP contribution in [0.2, 0.25) is 0 Å². The van der Waals surface area contributed by atoms with E-state index in [1.807, 2.05) is 25.1 Å². The zero-order valence-corrected chi connectivity index (χ0v) is 18.1. The van der Waals surface area contributed by atoms with Crippen molar-refractivity contribution in [2.45, 2.75) is 13.5 Å². The predicted molar refractivity (Wildman–Crippen MR) is 122 cm³/mol. The molecule has 0 aliphatic rings. The minimum atomic E-state index is -0.473. The highest BCUT2D eigenvalue weighted by Gasteiger charge is 2.08. The molecule has 0 radical (unpaired) electrons. The van der Waals surface area contributed by atoms with Crippen molar-refractivity contribution >= 4 is 39.6 Å². The van der Waals surface area contributed by atoms with Crippen LogP contribution >= 0.6 is 15.9 Å². The van der Waals surface area contributed by atoms with Crippen molar-refractivity contribution in [2.24, 2.45) is 5.10 Å². The second kappa shape index (κ2) is 10.4. The second-order valence-corrected chi connectivity index (χ2v) is 7.45. The van der Waals surface area contributed by atoms with E-state index in [0.717, 1.165) is 10.0 Å². The lowest BCUT2D eigenvalue weighted by atomic mass is 10.2. The summed E-state index contributed by atoms with van der Waals surface area (Å²) in [5.41, 5.74) is 5.34. The molecular formula is C22H19BrN4O4. The zero-order chi connectivity index (χ0) is 22.2. The summed E-state index contributed by atoms with van der Waals surface area (Å²) in [5, 5.41) is 17.6. The summed E-state index contributed by atoms with van der Waals surface area (Å²) in [4.78, 5) is 22.6. The quantitative estimate of drug-likeness (QED) is 0.267. The molecule has 158 valence electrons. The average Bonchev–Trinajstić information content (AvgIpc) is 2.75. The number of nitrogens with one attached hydrogen (secondary N) is 2. The molecule has 31 heavy (non-hydrogen) atoms. The number of anilines is 1. The number of ether oxygens (including phenoxy) is 1. The number of carbonyl (C=O) groups is 1. The van der Waals surface area contributed by atoms with E-state index >= 15 is 0 Å². The number of rotatable bonds is 7. The Morgan fingerprint density at radius 2 is 1.97 bits per heavy atom. The van der Waals surface area contributed by atoms with Gasteiger partial charge in [-0.1, -0.05) is 46.3 Å². The Hall–Kier alpha value is -3.72. The Morgan fingerprint density at radius 3 is 2.74 bits per heavy atom. The first-order valence-electron chi connectivity index (χ1n) is 9.24. The van der Waals surface area contributed by atoms with E-state index in [4.69, 9.17) is 4.74 Å². The maximum Gasteiger partial charge on any atom is 0.339 e. The molecule has 0 aliphatic heterocycles. The number of para-hydroxylation sites is 1. The average molecular weight is 483 g/mol. The van der Waals surface area contributed by atoms with Crippen LogP contribution in [0.15, 0.2) is 76.3 Å². The molecule has 0 heterocycles. The van der Waals surface area contributed by atoms with Gasteiger partial charge in [-0.25, -0.2) is 10.2 Å². The third kappa shape index (κ3) is 6.38. The van der Waals surface area contributed by atoms with Gasteiger partial charge in [0.2, 0.25) is 0 Å². The molecule has 0 unspecified atom stereocenters. The van der Waals surface area contributed by atoms with Crippen LogP contribution in [0.5, 0.6) is 5.75 Å². The van der Waals surface area contributed by atoms with Crippen molar-refractivity contribution in [1.29, 1.82) is 0 Å². The van der Waals surface area contributed by atoms with E-state index in [-0.39, 0.29) is 12.3 Å². The minimum absolute atomic E-state index is 0.00237. The Labute approximate surface area is 187 Å². The molecule has 3 aromatic rings. The number of nitro groups is 1. The number of nitro benzene ring substituents is 1. The fraction of sp³-hybridized carbons (Fsp3) is 0.0909. The van der Waals surface area contributed by atoms with E-state index in [1.54, 1.807) is 36.4 Å². The molecule has 0 atom stereocenters. The number of amides is 2. The molecular weight excluding hydrogens is 464 g/mol. The van der Waals surface area contributed by atoms with Gasteiger partial charge in [-0.15, -0.1) is 0 Å². The summed E-state index contributed by atoms with van der Waals surface area (Å²) in [6.45, 7) is 2.04. The first-order chi connectivity index (χ1) is 14.9. The zero-order valence-electron chi connectivity index (χ0n) is 16.5. The number of benzene rings is 3. The van der Waals surface area contributed by atoms with Crippen LogP contribution in [0.1, 0.15) is 16.7 Å². The molecule has 0 saturated carbocycles. The number of hydrogen-bond acceptors (Lipinski definition) is 5. The number of urea groups is 1. The highest BCUT2D eigenvalue weighted by molar-refractivity contribution is 9.10. The van der Waals surface area contributed by atoms with E-state index in [0.29, 0.717) is 22.6 Å². The van der Waals surface area contributed by atoms with Crippen molar-refractivity contribution in [2.75, 3.05) is 5.32 Å². The van der Waals surface area contributed by atoms with Gasteiger partial charge in [-0.05, 0) is 42.3 Å². The monoisotopic (exact) mass is 482 g/mol. The molecule has 0 aliphatic carbocycles. The highest BCUT2D eigenvalue weighted by atomic mass is 79.9. The van der Waals surface area contributed by atoms with E-state index < -0.39 is 11.0 Å². The Kier molecular flexibility index (Phi) is 7.34. The Balaban J connectivity index is 1.65. The molecule has 0 bridgehead atoms. The van der Waals surface area contributed by atoms with Crippen LogP contribution in [0.25, 0.3) is 0 Å². The van der Waals surface area contributed by atoms with E-state index in [9.17, 15) is 14.9 Å². The van der Waals surface area contributed by atoms with Crippen LogP contribution < -0.4 is 15.5 Å². The third-order valence-electron chi connectivity index (χ3n) is 4.25. The molecule has 2 amide bonds. The predicted octanol–water partition coefficient (Wildman–Crippen LogP) is 5.40. The maximum absolute atomic E-state index is 12.1. The standard InChI is InChI=1S/C22H19BrN4O4/c1-15-5-2-3-8-20(15)25-22(28)26-24-13-17-12-18(23)9-10-21(17)31-14-16-6-4-7-19(11-16)27(29)30/h2-13H,14H2,1H3,(H2,25,26,28). The molecule has 2 N–H and O–H groups in total. The van der Waals surface area contributed by atoms with Crippen LogP contribution in [0.4, 0.5) is 16.2 Å². The van der Waals surface area contributed by atoms with Gasteiger partial charge in [0, 0.05) is 27.9 Å². The first-order valence-corrected chi connectivity index (χ1v) is 10.0. The fourth-order valence-electron chi connectivity index (χ4n) is 2.70. The van der Waals surface area contributed by atoms with Gasteiger partial charge in [-0.3, -0.25) is 10.1 Å². The van der Waals surface area contributed by atoms with Gasteiger partial charge in [0.25, 0.3) is 5.69 Å². The number of nitrogens with zero attached hydrogens (tertiary/aromatic N) is 2. The lowest BCUT2D eigenvalue weighted by molar-refractivity contribution is -0.384. The van der Waals surface area contributed by atoms with Gasteiger partial charge in [0.05, 0.1) is 11.1 Å². The van der Waals surface area contributed by atoms with Crippen LogP contribution in [-0.2, 0) is 6.61 Å². The largest absolute Gasteiger partial charge is 0.488 e. The topological polar surface area (TPSA) is 106 Å². The summed E-state index contributed by atoms with van der Waals surface area (Å²) in [7, 11) is 0.